The molecular formula is C12H23ClN2O. The van der Waals surface area contributed by atoms with E-state index in [0.29, 0.717) is 19.0 Å². The topological polar surface area (TPSA) is 55.1 Å². The Morgan fingerprint density at radius 3 is 2.69 bits per heavy atom. The predicted octanol–water partition coefficient (Wildman–Crippen LogP) is 1.84. The maximum atomic E-state index is 11.4. The standard InChI is InChI=1S/C12H22N2O.ClH/c13-7-6-12(15)14-11-5-4-9-2-1-3-10(9)8-11;/h9-11H,1-8,13H2,(H,14,15);1H. The fourth-order valence-electron chi connectivity index (χ4n) is 3.26. The maximum Gasteiger partial charge on any atom is 0.221 e. The van der Waals surface area contributed by atoms with Gasteiger partial charge in [0.25, 0.3) is 0 Å². The Morgan fingerprint density at radius 2 is 1.94 bits per heavy atom. The average molecular weight is 247 g/mol. The number of fused-ring (bicyclic) bond motifs is 1. The predicted molar refractivity (Wildman–Crippen MR) is 67.5 cm³/mol. The summed E-state index contributed by atoms with van der Waals surface area (Å²) in [5.74, 6) is 1.99. The van der Waals surface area contributed by atoms with Crippen LogP contribution in [0.25, 0.3) is 0 Å². The Labute approximate surface area is 104 Å². The van der Waals surface area contributed by atoms with Crippen LogP contribution in [0.1, 0.15) is 44.9 Å². The second kappa shape index (κ2) is 6.45. The van der Waals surface area contributed by atoms with Gasteiger partial charge in [0.1, 0.15) is 0 Å². The highest BCUT2D eigenvalue weighted by Crippen LogP contribution is 2.41. The van der Waals surface area contributed by atoms with Gasteiger partial charge in [0.05, 0.1) is 0 Å². The molecule has 16 heavy (non-hydrogen) atoms. The van der Waals surface area contributed by atoms with Gasteiger partial charge in [0.15, 0.2) is 0 Å². The van der Waals surface area contributed by atoms with E-state index in [1.807, 2.05) is 0 Å². The van der Waals surface area contributed by atoms with E-state index in [9.17, 15) is 4.79 Å². The first-order valence-corrected chi connectivity index (χ1v) is 6.29. The molecule has 0 heterocycles. The molecule has 2 saturated carbocycles. The van der Waals surface area contributed by atoms with Crippen LogP contribution in [0.5, 0.6) is 0 Å². The van der Waals surface area contributed by atoms with Crippen LogP contribution in [0.15, 0.2) is 0 Å². The van der Waals surface area contributed by atoms with E-state index in [1.165, 1.54) is 38.5 Å². The molecule has 0 aliphatic heterocycles. The van der Waals surface area contributed by atoms with Crippen molar-refractivity contribution in [3.8, 4) is 0 Å². The number of halogens is 1. The lowest BCUT2D eigenvalue weighted by Gasteiger charge is -2.32. The minimum atomic E-state index is 0. The first-order chi connectivity index (χ1) is 7.29. The van der Waals surface area contributed by atoms with E-state index in [-0.39, 0.29) is 18.3 Å². The number of carbonyl (C=O) groups is 1. The van der Waals surface area contributed by atoms with Crippen LogP contribution in [-0.4, -0.2) is 18.5 Å². The lowest BCUT2D eigenvalue weighted by molar-refractivity contribution is -0.122. The van der Waals surface area contributed by atoms with Crippen molar-refractivity contribution in [2.24, 2.45) is 17.6 Å². The maximum absolute atomic E-state index is 11.4. The Bertz CT molecular complexity index is 235. The summed E-state index contributed by atoms with van der Waals surface area (Å²) in [6.07, 6.45) is 8.39. The normalized spacial score (nSPS) is 32.7. The van der Waals surface area contributed by atoms with Gasteiger partial charge < -0.3 is 11.1 Å². The molecule has 3 nitrogen and oxygen atoms in total. The van der Waals surface area contributed by atoms with Crippen LogP contribution >= 0.6 is 12.4 Å². The van der Waals surface area contributed by atoms with Crippen molar-refractivity contribution in [1.29, 1.82) is 0 Å². The summed E-state index contributed by atoms with van der Waals surface area (Å²) in [6.45, 7) is 0.463. The molecule has 2 aliphatic rings. The molecule has 3 atom stereocenters. The fraction of sp³-hybridized carbons (Fsp3) is 0.917. The number of rotatable bonds is 3. The van der Waals surface area contributed by atoms with E-state index in [1.54, 1.807) is 0 Å². The molecule has 0 bridgehead atoms. The molecule has 2 fully saturated rings. The molecule has 0 radical (unpaired) electrons. The molecule has 4 heteroatoms. The monoisotopic (exact) mass is 246 g/mol. The van der Waals surface area contributed by atoms with Crippen molar-refractivity contribution in [2.45, 2.75) is 51.0 Å². The van der Waals surface area contributed by atoms with Crippen LogP contribution in [-0.2, 0) is 4.79 Å². The average Bonchev–Trinajstić information content (AvgIpc) is 2.65. The van der Waals surface area contributed by atoms with Crippen molar-refractivity contribution < 1.29 is 4.79 Å². The molecule has 0 spiro atoms. The van der Waals surface area contributed by atoms with Crippen molar-refractivity contribution in [2.75, 3.05) is 6.54 Å². The zero-order valence-electron chi connectivity index (χ0n) is 9.78. The molecule has 2 rings (SSSR count). The highest BCUT2D eigenvalue weighted by atomic mass is 35.5. The van der Waals surface area contributed by atoms with Crippen molar-refractivity contribution in [1.82, 2.24) is 5.32 Å². The molecule has 3 unspecified atom stereocenters. The van der Waals surface area contributed by atoms with E-state index >= 15 is 0 Å². The number of amides is 1. The second-order valence-electron chi connectivity index (χ2n) is 5.07. The molecule has 0 aromatic carbocycles. The summed E-state index contributed by atoms with van der Waals surface area (Å²) in [7, 11) is 0. The molecule has 0 aromatic heterocycles. The molecule has 3 N–H and O–H groups in total. The van der Waals surface area contributed by atoms with Crippen LogP contribution in [0.4, 0.5) is 0 Å². The SMILES string of the molecule is Cl.NCCC(=O)NC1CCC2CCCC2C1. The number of hydrogen-bond donors (Lipinski definition) is 2. The van der Waals surface area contributed by atoms with E-state index in [0.717, 1.165) is 11.8 Å². The van der Waals surface area contributed by atoms with Gasteiger partial charge >= 0.3 is 0 Å². The molecule has 2 aliphatic carbocycles. The van der Waals surface area contributed by atoms with Crippen molar-refractivity contribution in [3.05, 3.63) is 0 Å². The minimum Gasteiger partial charge on any atom is -0.353 e. The Kier molecular flexibility index (Phi) is 5.56. The lowest BCUT2D eigenvalue weighted by atomic mass is 9.79. The summed E-state index contributed by atoms with van der Waals surface area (Å²) in [4.78, 5) is 11.4. The molecule has 1 amide bonds. The van der Waals surface area contributed by atoms with E-state index in [4.69, 9.17) is 5.73 Å². The quantitative estimate of drug-likeness (QED) is 0.799. The number of carbonyl (C=O) groups excluding carboxylic acids is 1. The summed E-state index contributed by atoms with van der Waals surface area (Å²) in [6, 6.07) is 0.434. The van der Waals surface area contributed by atoms with Crippen LogP contribution in [0.2, 0.25) is 0 Å². The van der Waals surface area contributed by atoms with Crippen LogP contribution in [0, 0.1) is 11.8 Å². The number of nitrogens with one attached hydrogen (secondary N) is 1. The molecule has 94 valence electrons. The summed E-state index contributed by atoms with van der Waals surface area (Å²) in [5, 5.41) is 3.11. The second-order valence-corrected chi connectivity index (χ2v) is 5.07. The van der Waals surface area contributed by atoms with Gasteiger partial charge in [-0.05, 0) is 31.1 Å². The number of hydrogen-bond acceptors (Lipinski definition) is 2. The summed E-state index contributed by atoms with van der Waals surface area (Å²) in [5.41, 5.74) is 5.36. The van der Waals surface area contributed by atoms with Gasteiger partial charge in [0.2, 0.25) is 5.91 Å². The van der Waals surface area contributed by atoms with Gasteiger partial charge in [-0.1, -0.05) is 19.3 Å². The fourth-order valence-corrected chi connectivity index (χ4v) is 3.26. The zero-order chi connectivity index (χ0) is 10.7. The van der Waals surface area contributed by atoms with Gasteiger partial charge in [-0.3, -0.25) is 4.79 Å². The third-order valence-corrected chi connectivity index (χ3v) is 4.03. The minimum absolute atomic E-state index is 0. The van der Waals surface area contributed by atoms with Gasteiger partial charge in [-0.2, -0.15) is 0 Å². The first-order valence-electron chi connectivity index (χ1n) is 6.29. The van der Waals surface area contributed by atoms with Crippen LogP contribution in [0.3, 0.4) is 0 Å². The van der Waals surface area contributed by atoms with Crippen LogP contribution < -0.4 is 11.1 Å². The Morgan fingerprint density at radius 1 is 1.19 bits per heavy atom. The Balaban J connectivity index is 0.00000128. The summed E-state index contributed by atoms with van der Waals surface area (Å²) < 4.78 is 0. The van der Waals surface area contributed by atoms with Crippen molar-refractivity contribution >= 4 is 18.3 Å². The largest absolute Gasteiger partial charge is 0.353 e. The smallest absolute Gasteiger partial charge is 0.221 e. The molecule has 0 aromatic rings. The van der Waals surface area contributed by atoms with Gasteiger partial charge in [0, 0.05) is 19.0 Å². The number of nitrogens with two attached hydrogens (primary N) is 1. The summed E-state index contributed by atoms with van der Waals surface area (Å²) >= 11 is 0. The highest BCUT2D eigenvalue weighted by Gasteiger charge is 2.33. The van der Waals surface area contributed by atoms with E-state index in [2.05, 4.69) is 5.32 Å². The lowest BCUT2D eigenvalue weighted by Crippen LogP contribution is -2.40. The Hall–Kier alpha value is -0.280. The third kappa shape index (κ3) is 3.36. The third-order valence-electron chi connectivity index (χ3n) is 4.03. The highest BCUT2D eigenvalue weighted by molar-refractivity contribution is 5.85. The zero-order valence-corrected chi connectivity index (χ0v) is 10.6. The van der Waals surface area contributed by atoms with Gasteiger partial charge in [-0.15, -0.1) is 12.4 Å². The van der Waals surface area contributed by atoms with Crippen molar-refractivity contribution in [3.63, 3.8) is 0 Å². The van der Waals surface area contributed by atoms with Gasteiger partial charge in [-0.25, -0.2) is 0 Å². The van der Waals surface area contributed by atoms with E-state index < -0.39 is 0 Å². The molecular weight excluding hydrogens is 224 g/mol. The molecule has 0 saturated heterocycles. The first kappa shape index (κ1) is 13.8.